The Morgan fingerprint density at radius 2 is 1.34 bits per heavy atom. The molecular weight excluding hydrogens is 423 g/mol. The summed E-state index contributed by atoms with van der Waals surface area (Å²) in [6.07, 6.45) is 3.26. The summed E-state index contributed by atoms with van der Waals surface area (Å²) in [6, 6.07) is 0.587. The third-order valence-corrected chi connectivity index (χ3v) is 5.78. The van der Waals surface area contributed by atoms with Crippen molar-refractivity contribution in [1.29, 1.82) is 0 Å². The third kappa shape index (κ3) is 7.25. The topological polar surface area (TPSA) is 102 Å². The van der Waals surface area contributed by atoms with Gasteiger partial charge in [-0.3, -0.25) is 14.5 Å². The number of carboxylic acid groups (broad SMARTS) is 1. The van der Waals surface area contributed by atoms with Gasteiger partial charge in [0.2, 0.25) is 0 Å². The number of rotatable bonds is 4. The molecule has 0 unspecified atom stereocenters. The summed E-state index contributed by atoms with van der Waals surface area (Å²) in [7, 11) is 0. The Morgan fingerprint density at radius 3 is 1.86 bits per heavy atom. The lowest BCUT2D eigenvalue weighted by molar-refractivity contribution is -0.155. The lowest BCUT2D eigenvalue weighted by atomic mass is 10.0. The molecule has 0 bridgehead atoms. The number of hydrogen-bond acceptors (Lipinski definition) is 6. The van der Waals surface area contributed by atoms with Gasteiger partial charge in [-0.15, -0.1) is 24.8 Å². The van der Waals surface area contributed by atoms with Crippen molar-refractivity contribution < 1.29 is 24.2 Å². The highest BCUT2D eigenvalue weighted by atomic mass is 35.5. The molecule has 0 aromatic carbocycles. The molecule has 0 radical (unpaired) electrons. The maximum atomic E-state index is 12.6. The molecule has 3 saturated heterocycles. The first-order chi connectivity index (χ1) is 13.0. The Balaban J connectivity index is 0.00000210. The van der Waals surface area contributed by atoms with Crippen LogP contribution in [0, 0.1) is 0 Å². The molecule has 11 heteroatoms. The molecule has 3 aliphatic rings. The number of carboxylic acids is 1. The van der Waals surface area contributed by atoms with E-state index in [1.165, 1.54) is 0 Å². The fraction of sp³-hybridized carbons (Fsp3) is 0.833. The first kappa shape index (κ1) is 25.9. The van der Waals surface area contributed by atoms with E-state index in [4.69, 9.17) is 9.84 Å². The minimum Gasteiger partial charge on any atom is -0.480 e. The first-order valence-electron chi connectivity index (χ1n) is 9.91. The molecule has 0 atom stereocenters. The van der Waals surface area contributed by atoms with Crippen LogP contribution in [-0.2, 0) is 19.1 Å². The number of aliphatic carboxylic acids is 1. The second-order valence-corrected chi connectivity index (χ2v) is 7.51. The van der Waals surface area contributed by atoms with Crippen molar-refractivity contribution in [3.63, 3.8) is 0 Å². The lowest BCUT2D eigenvalue weighted by Gasteiger charge is -2.41. The minimum absolute atomic E-state index is 0. The number of piperidine rings is 2. The van der Waals surface area contributed by atoms with E-state index in [1.54, 1.807) is 9.80 Å². The van der Waals surface area contributed by atoms with Gasteiger partial charge in [0.25, 0.3) is 0 Å². The van der Waals surface area contributed by atoms with Crippen LogP contribution in [-0.4, -0.2) is 109 Å². The van der Waals surface area contributed by atoms with Crippen molar-refractivity contribution >= 4 is 42.6 Å². The second kappa shape index (κ2) is 12.5. The van der Waals surface area contributed by atoms with E-state index >= 15 is 0 Å². The van der Waals surface area contributed by atoms with Crippen LogP contribution >= 0.6 is 24.8 Å². The molecule has 0 saturated carbocycles. The van der Waals surface area contributed by atoms with E-state index in [-0.39, 0.29) is 37.5 Å². The van der Waals surface area contributed by atoms with E-state index in [0.29, 0.717) is 45.1 Å². The highest BCUT2D eigenvalue weighted by molar-refractivity contribution is 6.34. The zero-order chi connectivity index (χ0) is 19.2. The molecule has 3 heterocycles. The van der Waals surface area contributed by atoms with Gasteiger partial charge >= 0.3 is 17.8 Å². The summed E-state index contributed by atoms with van der Waals surface area (Å²) >= 11 is 0. The first-order valence-corrected chi connectivity index (χ1v) is 9.91. The predicted octanol–water partition coefficient (Wildman–Crippen LogP) is -0.182. The van der Waals surface area contributed by atoms with Crippen LogP contribution in [0.15, 0.2) is 0 Å². The number of halogens is 2. The van der Waals surface area contributed by atoms with Gasteiger partial charge in [-0.1, -0.05) is 0 Å². The van der Waals surface area contributed by atoms with E-state index < -0.39 is 17.8 Å². The Labute approximate surface area is 183 Å². The van der Waals surface area contributed by atoms with Crippen molar-refractivity contribution in [2.24, 2.45) is 0 Å². The second-order valence-electron chi connectivity index (χ2n) is 7.51. The summed E-state index contributed by atoms with van der Waals surface area (Å²) < 4.78 is 5.28. The summed E-state index contributed by atoms with van der Waals surface area (Å²) in [5.41, 5.74) is 0. The Hall–Kier alpha value is -1.13. The van der Waals surface area contributed by atoms with Crippen LogP contribution in [0.25, 0.3) is 0 Å². The van der Waals surface area contributed by atoms with Gasteiger partial charge in [-0.05, 0) is 38.8 Å². The van der Waals surface area contributed by atoms with E-state index in [9.17, 15) is 14.4 Å². The fourth-order valence-electron chi connectivity index (χ4n) is 4.15. The van der Waals surface area contributed by atoms with Gasteiger partial charge < -0.3 is 25.0 Å². The van der Waals surface area contributed by atoms with E-state index in [0.717, 1.165) is 39.0 Å². The molecule has 2 amide bonds. The van der Waals surface area contributed by atoms with Crippen LogP contribution < -0.4 is 5.32 Å². The largest absolute Gasteiger partial charge is 0.480 e. The van der Waals surface area contributed by atoms with Crippen LogP contribution in [0.1, 0.15) is 25.7 Å². The smallest absolute Gasteiger partial charge is 0.329 e. The van der Waals surface area contributed by atoms with Crippen LogP contribution in [0.5, 0.6) is 0 Å². The molecule has 0 aromatic heterocycles. The number of carbonyl (C=O) groups is 3. The average molecular weight is 455 g/mol. The summed E-state index contributed by atoms with van der Waals surface area (Å²) in [4.78, 5) is 41.4. The molecule has 3 rings (SSSR count). The third-order valence-electron chi connectivity index (χ3n) is 5.78. The minimum atomic E-state index is -0.993. The molecule has 0 aromatic rings. The van der Waals surface area contributed by atoms with E-state index in [1.807, 2.05) is 0 Å². The predicted molar refractivity (Wildman–Crippen MR) is 112 cm³/mol. The van der Waals surface area contributed by atoms with Crippen LogP contribution in [0.4, 0.5) is 0 Å². The monoisotopic (exact) mass is 454 g/mol. The maximum absolute atomic E-state index is 12.6. The number of ether oxygens (including phenoxy) is 1. The van der Waals surface area contributed by atoms with Gasteiger partial charge in [-0.2, -0.15) is 0 Å². The molecule has 2 N–H and O–H groups in total. The van der Waals surface area contributed by atoms with Crippen molar-refractivity contribution in [1.82, 2.24) is 20.0 Å². The molecule has 0 spiro atoms. The Morgan fingerprint density at radius 1 is 0.828 bits per heavy atom. The number of nitrogens with zero attached hydrogens (tertiary/aromatic N) is 3. The molecule has 3 fully saturated rings. The van der Waals surface area contributed by atoms with Crippen LogP contribution in [0.2, 0.25) is 0 Å². The van der Waals surface area contributed by atoms with Crippen molar-refractivity contribution in [2.75, 3.05) is 59.0 Å². The summed E-state index contributed by atoms with van der Waals surface area (Å²) in [5, 5.41) is 12.0. The highest BCUT2D eigenvalue weighted by Crippen LogP contribution is 2.17. The van der Waals surface area contributed by atoms with Crippen molar-refractivity contribution in [2.45, 2.75) is 37.8 Å². The molecule has 9 nitrogen and oxygen atoms in total. The van der Waals surface area contributed by atoms with Gasteiger partial charge in [0.05, 0.1) is 6.10 Å². The average Bonchev–Trinajstić information content (AvgIpc) is 2.72. The van der Waals surface area contributed by atoms with Crippen LogP contribution in [0.3, 0.4) is 0 Å². The standard InChI is InChI=1S/C18H30N4O5.2ClH/c23-16(24)13-27-15-3-7-21(8-4-15)17(25)18(26)22-11-9-20(10-12-22)14-1-5-19-6-2-14;;/h14-15,19H,1-13H2,(H,23,24);2*1H. The zero-order valence-corrected chi connectivity index (χ0v) is 18.2. The van der Waals surface area contributed by atoms with Crippen molar-refractivity contribution in [3.05, 3.63) is 0 Å². The Bertz CT molecular complexity index is 546. The van der Waals surface area contributed by atoms with E-state index in [2.05, 4.69) is 10.2 Å². The highest BCUT2D eigenvalue weighted by Gasteiger charge is 2.33. The number of amides is 2. The zero-order valence-electron chi connectivity index (χ0n) is 16.6. The number of likely N-dealkylation sites (tertiary alicyclic amines) is 1. The fourth-order valence-corrected chi connectivity index (χ4v) is 4.15. The van der Waals surface area contributed by atoms with Gasteiger partial charge in [-0.25, -0.2) is 4.79 Å². The molecule has 3 aliphatic heterocycles. The van der Waals surface area contributed by atoms with Gasteiger partial charge in [0.1, 0.15) is 6.61 Å². The quantitative estimate of drug-likeness (QED) is 0.567. The normalized spacial score (nSPS) is 21.8. The van der Waals surface area contributed by atoms with Gasteiger partial charge in [0.15, 0.2) is 0 Å². The maximum Gasteiger partial charge on any atom is 0.329 e. The molecule has 168 valence electrons. The number of carbonyl (C=O) groups excluding carboxylic acids is 2. The van der Waals surface area contributed by atoms with Crippen molar-refractivity contribution in [3.8, 4) is 0 Å². The Kier molecular flexibility index (Phi) is 11.2. The lowest BCUT2D eigenvalue weighted by Crippen LogP contribution is -2.57. The summed E-state index contributed by atoms with van der Waals surface area (Å²) in [5.74, 6) is -1.85. The SMILES string of the molecule is Cl.Cl.O=C(O)COC1CCN(C(=O)C(=O)N2CCN(C3CCNCC3)CC2)CC1. The number of piperazine rings is 1. The molecule has 0 aliphatic carbocycles. The molecule has 29 heavy (non-hydrogen) atoms. The molecular formula is C18H32Cl2N4O5. The summed E-state index contributed by atoms with van der Waals surface area (Å²) in [6.45, 7) is 5.51. The number of nitrogens with one attached hydrogen (secondary N) is 1. The van der Waals surface area contributed by atoms with Gasteiger partial charge in [0, 0.05) is 45.3 Å². The number of hydrogen-bond donors (Lipinski definition) is 2.